The fraction of sp³-hybridized carbons (Fsp3) is 0.400. The molecule has 3 heteroatoms. The molecule has 1 aromatic carbocycles. The quantitative estimate of drug-likeness (QED) is 0.611. The van der Waals surface area contributed by atoms with E-state index >= 15 is 0 Å². The van der Waals surface area contributed by atoms with Gasteiger partial charge in [-0.3, -0.25) is 4.79 Å². The second-order valence-corrected chi connectivity index (χ2v) is 5.01. The Bertz CT molecular complexity index is 440. The highest BCUT2D eigenvalue weighted by Crippen LogP contribution is 2.19. The van der Waals surface area contributed by atoms with Crippen molar-refractivity contribution < 1.29 is 9.53 Å². The molecule has 1 aliphatic carbocycles. The van der Waals surface area contributed by atoms with Gasteiger partial charge in [0.15, 0.2) is 0 Å². The second-order valence-electron chi connectivity index (χ2n) is 4.60. The number of halogens is 1. The van der Waals surface area contributed by atoms with E-state index in [1.165, 1.54) is 0 Å². The number of benzene rings is 1. The zero-order valence-corrected chi connectivity index (χ0v) is 11.0. The van der Waals surface area contributed by atoms with Gasteiger partial charge in [-0.25, -0.2) is 0 Å². The van der Waals surface area contributed by atoms with Gasteiger partial charge in [-0.2, -0.15) is 0 Å². The smallest absolute Gasteiger partial charge is 0.310 e. The van der Waals surface area contributed by atoms with E-state index in [-0.39, 0.29) is 12.4 Å². The van der Waals surface area contributed by atoms with E-state index < -0.39 is 0 Å². The standard InChI is InChI=1S/C15H17ClO2/c16-14-9-5-4-8-13(14)10-15(17)18-11-12-6-2-1-3-7-12/h1-2,4-5,8-9,12H,3,6-7,10-11H2. The van der Waals surface area contributed by atoms with Crippen molar-refractivity contribution >= 4 is 17.6 Å². The first-order valence-electron chi connectivity index (χ1n) is 6.29. The summed E-state index contributed by atoms with van der Waals surface area (Å²) in [5.41, 5.74) is 0.827. The maximum atomic E-state index is 11.7. The van der Waals surface area contributed by atoms with Gasteiger partial charge in [0, 0.05) is 5.02 Å². The highest BCUT2D eigenvalue weighted by Gasteiger charge is 2.13. The molecule has 1 atom stereocenters. The molecule has 0 saturated heterocycles. The zero-order valence-electron chi connectivity index (χ0n) is 10.3. The first-order chi connectivity index (χ1) is 8.75. The summed E-state index contributed by atoms with van der Waals surface area (Å²) >= 11 is 6.00. The lowest BCUT2D eigenvalue weighted by molar-refractivity contribution is -0.144. The third-order valence-electron chi connectivity index (χ3n) is 3.15. The van der Waals surface area contributed by atoms with Crippen LogP contribution in [-0.4, -0.2) is 12.6 Å². The average molecular weight is 265 g/mol. The molecule has 1 aliphatic rings. The minimum atomic E-state index is -0.197. The van der Waals surface area contributed by atoms with E-state index in [1.807, 2.05) is 18.2 Å². The number of allylic oxidation sites excluding steroid dienone is 2. The first kappa shape index (κ1) is 13.2. The average Bonchev–Trinajstić information content (AvgIpc) is 2.40. The first-order valence-corrected chi connectivity index (χ1v) is 6.67. The van der Waals surface area contributed by atoms with Crippen LogP contribution in [0.3, 0.4) is 0 Å². The number of hydrogen-bond donors (Lipinski definition) is 0. The van der Waals surface area contributed by atoms with Crippen molar-refractivity contribution in [1.82, 2.24) is 0 Å². The highest BCUT2D eigenvalue weighted by atomic mass is 35.5. The Morgan fingerprint density at radius 3 is 2.89 bits per heavy atom. The molecule has 0 aromatic heterocycles. The molecule has 1 aromatic rings. The molecule has 0 N–H and O–H groups in total. The fourth-order valence-electron chi connectivity index (χ4n) is 2.07. The summed E-state index contributed by atoms with van der Waals surface area (Å²) in [6.45, 7) is 0.521. The number of ether oxygens (including phenoxy) is 1. The largest absolute Gasteiger partial charge is 0.465 e. The van der Waals surface area contributed by atoms with Gasteiger partial charge in [0.25, 0.3) is 0 Å². The number of hydrogen-bond acceptors (Lipinski definition) is 2. The molecule has 0 amide bonds. The van der Waals surface area contributed by atoms with Crippen molar-refractivity contribution in [3.63, 3.8) is 0 Å². The Balaban J connectivity index is 1.78. The van der Waals surface area contributed by atoms with Gasteiger partial charge >= 0.3 is 5.97 Å². The predicted octanol–water partition coefficient (Wildman–Crippen LogP) is 3.78. The van der Waals surface area contributed by atoms with Gasteiger partial charge in [0.05, 0.1) is 13.0 Å². The van der Waals surface area contributed by atoms with Crippen LogP contribution in [0.5, 0.6) is 0 Å². The molecule has 2 nitrogen and oxygen atoms in total. The summed E-state index contributed by atoms with van der Waals surface area (Å²) in [6.07, 6.45) is 7.81. The third-order valence-corrected chi connectivity index (χ3v) is 3.52. The number of carbonyl (C=O) groups excluding carboxylic acids is 1. The number of rotatable bonds is 4. The third kappa shape index (κ3) is 3.88. The molecule has 2 rings (SSSR count). The summed E-state index contributed by atoms with van der Waals surface area (Å²) in [7, 11) is 0. The summed E-state index contributed by atoms with van der Waals surface area (Å²) in [6, 6.07) is 7.37. The SMILES string of the molecule is O=C(Cc1ccccc1Cl)OCC1CC=CCC1. The predicted molar refractivity (Wildman–Crippen MR) is 72.6 cm³/mol. The van der Waals surface area contributed by atoms with Crippen molar-refractivity contribution in [2.45, 2.75) is 25.7 Å². The maximum absolute atomic E-state index is 11.7. The molecular formula is C15H17ClO2. The van der Waals surface area contributed by atoms with Crippen LogP contribution in [0.4, 0.5) is 0 Å². The number of esters is 1. The van der Waals surface area contributed by atoms with Crippen LogP contribution in [0.2, 0.25) is 5.02 Å². The van der Waals surface area contributed by atoms with Crippen molar-refractivity contribution in [2.24, 2.45) is 5.92 Å². The minimum Gasteiger partial charge on any atom is -0.465 e. The minimum absolute atomic E-state index is 0.197. The van der Waals surface area contributed by atoms with Crippen LogP contribution in [0.25, 0.3) is 0 Å². The van der Waals surface area contributed by atoms with Crippen molar-refractivity contribution in [2.75, 3.05) is 6.61 Å². The molecule has 0 aliphatic heterocycles. The Morgan fingerprint density at radius 2 is 2.17 bits per heavy atom. The van der Waals surface area contributed by atoms with E-state index in [0.29, 0.717) is 17.5 Å². The molecule has 0 bridgehead atoms. The fourth-order valence-corrected chi connectivity index (χ4v) is 2.27. The Labute approximate surface area is 113 Å². The highest BCUT2D eigenvalue weighted by molar-refractivity contribution is 6.31. The van der Waals surface area contributed by atoms with Crippen LogP contribution < -0.4 is 0 Å². The monoisotopic (exact) mass is 264 g/mol. The normalized spacial score (nSPS) is 18.6. The number of carbonyl (C=O) groups is 1. The Morgan fingerprint density at radius 1 is 1.33 bits per heavy atom. The van der Waals surface area contributed by atoms with Crippen molar-refractivity contribution in [3.05, 3.63) is 47.0 Å². The summed E-state index contributed by atoms with van der Waals surface area (Å²) < 4.78 is 5.31. The molecule has 0 radical (unpaired) electrons. The zero-order chi connectivity index (χ0) is 12.8. The van der Waals surface area contributed by atoms with E-state index in [9.17, 15) is 4.79 Å². The molecule has 96 valence electrons. The van der Waals surface area contributed by atoms with Crippen LogP contribution >= 0.6 is 11.6 Å². The lowest BCUT2D eigenvalue weighted by Crippen LogP contribution is -2.16. The molecule has 18 heavy (non-hydrogen) atoms. The lowest BCUT2D eigenvalue weighted by atomic mass is 9.95. The van der Waals surface area contributed by atoms with E-state index in [2.05, 4.69) is 12.2 Å². The van der Waals surface area contributed by atoms with Crippen molar-refractivity contribution in [3.8, 4) is 0 Å². The molecule has 0 saturated carbocycles. The molecule has 0 fully saturated rings. The summed E-state index contributed by atoms with van der Waals surface area (Å²) in [5, 5.41) is 0.620. The summed E-state index contributed by atoms with van der Waals surface area (Å²) in [4.78, 5) is 11.7. The van der Waals surface area contributed by atoms with Crippen LogP contribution in [0, 0.1) is 5.92 Å². The molecule has 0 spiro atoms. The second kappa shape index (κ2) is 6.60. The van der Waals surface area contributed by atoms with Gasteiger partial charge in [0.2, 0.25) is 0 Å². The van der Waals surface area contributed by atoms with Gasteiger partial charge in [-0.1, -0.05) is 42.0 Å². The van der Waals surface area contributed by atoms with Crippen LogP contribution in [-0.2, 0) is 16.0 Å². The molecule has 0 heterocycles. The molecular weight excluding hydrogens is 248 g/mol. The van der Waals surface area contributed by atoms with Gasteiger partial charge in [0.1, 0.15) is 0 Å². The van der Waals surface area contributed by atoms with Gasteiger partial charge in [-0.05, 0) is 36.8 Å². The topological polar surface area (TPSA) is 26.3 Å². The molecule has 1 unspecified atom stereocenters. The van der Waals surface area contributed by atoms with E-state index in [4.69, 9.17) is 16.3 Å². The lowest BCUT2D eigenvalue weighted by Gasteiger charge is -2.17. The maximum Gasteiger partial charge on any atom is 0.310 e. The van der Waals surface area contributed by atoms with Crippen LogP contribution in [0.1, 0.15) is 24.8 Å². The van der Waals surface area contributed by atoms with Gasteiger partial charge in [-0.15, -0.1) is 0 Å². The van der Waals surface area contributed by atoms with E-state index in [1.54, 1.807) is 6.07 Å². The van der Waals surface area contributed by atoms with Gasteiger partial charge < -0.3 is 4.74 Å². The van der Waals surface area contributed by atoms with E-state index in [0.717, 1.165) is 24.8 Å². The Hall–Kier alpha value is -1.28. The van der Waals surface area contributed by atoms with Crippen molar-refractivity contribution in [1.29, 1.82) is 0 Å². The van der Waals surface area contributed by atoms with Crippen LogP contribution in [0.15, 0.2) is 36.4 Å². The Kier molecular flexibility index (Phi) is 4.82. The summed E-state index contributed by atoms with van der Waals surface area (Å²) in [5.74, 6) is 0.280.